The average Bonchev–Trinajstić information content (AvgIpc) is 3.18. The van der Waals surface area contributed by atoms with E-state index in [-0.39, 0.29) is 42.6 Å². The summed E-state index contributed by atoms with van der Waals surface area (Å²) in [5.74, 6) is -0.811. The number of unbranched alkanes of at least 4 members (excludes halogenated alkanes) is 11. The van der Waals surface area contributed by atoms with Gasteiger partial charge in [0.25, 0.3) is 0 Å². The number of anilines is 1. The van der Waals surface area contributed by atoms with E-state index < -0.39 is 28.0 Å². The second kappa shape index (κ2) is 25.7. The Morgan fingerprint density at radius 2 is 1.52 bits per heavy atom. The average molecular weight is 828 g/mol. The minimum absolute atomic E-state index is 0.0457. The molecule has 11 nitrogen and oxygen atoms in total. The number of likely N-dealkylation sites (tertiary alicyclic amines) is 1. The lowest BCUT2D eigenvalue weighted by molar-refractivity contribution is -0.132. The maximum atomic E-state index is 13.8. The predicted molar refractivity (Wildman–Crippen MR) is 232 cm³/mol. The molecular weight excluding hydrogens is 758 g/mol. The molecule has 0 radical (unpaired) electrons. The van der Waals surface area contributed by atoms with Gasteiger partial charge in [0.05, 0.1) is 36.3 Å². The fraction of sp³-hybridized carbons (Fsp3) is 0.644. The summed E-state index contributed by atoms with van der Waals surface area (Å²) in [6.45, 7) is 7.21. The smallest absolute Gasteiger partial charge is 0.239 e. The highest BCUT2D eigenvalue weighted by Gasteiger charge is 2.25. The van der Waals surface area contributed by atoms with Crippen molar-refractivity contribution in [3.8, 4) is 11.3 Å². The zero-order valence-corrected chi connectivity index (χ0v) is 36.5. The Balaban J connectivity index is 1.39. The van der Waals surface area contributed by atoms with E-state index in [1.165, 1.54) is 95.2 Å². The highest BCUT2D eigenvalue weighted by molar-refractivity contribution is 7.92. The summed E-state index contributed by atoms with van der Waals surface area (Å²) in [4.78, 5) is 36.6. The van der Waals surface area contributed by atoms with Crippen molar-refractivity contribution in [3.05, 3.63) is 59.6 Å². The van der Waals surface area contributed by atoms with Gasteiger partial charge in [-0.2, -0.15) is 0 Å². The van der Waals surface area contributed by atoms with Gasteiger partial charge in [-0.3, -0.25) is 9.59 Å². The number of nitrogens with one attached hydrogen (secondary N) is 1. The molecule has 2 aromatic rings. The number of aromatic nitrogens is 2. The number of hydrogen-bond acceptors (Lipinski definition) is 8. The van der Waals surface area contributed by atoms with E-state index in [9.17, 15) is 32.6 Å². The number of nitrogens with zero attached hydrogens (tertiary/aromatic N) is 4. The third kappa shape index (κ3) is 17.7. The molecule has 3 rings (SSSR count). The number of allylic oxidation sites excluding steroid dienone is 2. The minimum Gasteiger partial charge on any atom is -0.392 e. The SMILES string of the molecule is CCCCCCCC/C=C\CCCCCCCC(=O)N1CCC(NC(=O)C[C@H](O)C[C@H](O)/C=C/c2c(-c3ccc(F)cc3)nc(N(C)S(C)(=O)=O)nc2C(C)C)CC1. The third-order valence-corrected chi connectivity index (χ3v) is 11.9. The highest BCUT2D eigenvalue weighted by Crippen LogP contribution is 2.32. The van der Waals surface area contributed by atoms with Gasteiger partial charge in [0.15, 0.2) is 0 Å². The maximum Gasteiger partial charge on any atom is 0.239 e. The van der Waals surface area contributed by atoms with Gasteiger partial charge in [-0.15, -0.1) is 0 Å². The molecule has 58 heavy (non-hydrogen) atoms. The van der Waals surface area contributed by atoms with Crippen LogP contribution in [0.3, 0.4) is 0 Å². The Hall–Kier alpha value is -3.68. The van der Waals surface area contributed by atoms with Crippen molar-refractivity contribution < 1.29 is 32.6 Å². The Bertz CT molecular complexity index is 1710. The van der Waals surface area contributed by atoms with Gasteiger partial charge in [-0.05, 0) is 75.1 Å². The fourth-order valence-corrected chi connectivity index (χ4v) is 7.50. The van der Waals surface area contributed by atoms with Crippen LogP contribution in [-0.4, -0.2) is 90.0 Å². The van der Waals surface area contributed by atoms with Crippen LogP contribution in [0.25, 0.3) is 17.3 Å². The van der Waals surface area contributed by atoms with Crippen molar-refractivity contribution >= 4 is 33.9 Å². The van der Waals surface area contributed by atoms with E-state index in [1.807, 2.05) is 18.7 Å². The van der Waals surface area contributed by atoms with Crippen LogP contribution in [0.5, 0.6) is 0 Å². The lowest BCUT2D eigenvalue weighted by Gasteiger charge is -2.32. The zero-order valence-electron chi connectivity index (χ0n) is 35.7. The van der Waals surface area contributed by atoms with Crippen LogP contribution in [-0.2, 0) is 19.6 Å². The molecule has 2 atom stereocenters. The molecule has 1 aromatic heterocycles. The van der Waals surface area contributed by atoms with Crippen LogP contribution in [0, 0.1) is 5.82 Å². The monoisotopic (exact) mass is 828 g/mol. The molecule has 1 aliphatic rings. The van der Waals surface area contributed by atoms with Crippen molar-refractivity contribution in [2.45, 2.75) is 161 Å². The number of piperidine rings is 1. The topological polar surface area (TPSA) is 153 Å². The van der Waals surface area contributed by atoms with Gasteiger partial charge in [0, 0.05) is 50.1 Å². The van der Waals surface area contributed by atoms with Crippen molar-refractivity contribution in [2.75, 3.05) is 30.7 Å². The number of carbonyl (C=O) groups excluding carboxylic acids is 2. The van der Waals surface area contributed by atoms with Crippen LogP contribution in [0.2, 0.25) is 0 Å². The van der Waals surface area contributed by atoms with Crippen LogP contribution >= 0.6 is 0 Å². The number of carbonyl (C=O) groups is 2. The number of aliphatic hydroxyl groups excluding tert-OH is 2. The van der Waals surface area contributed by atoms with Gasteiger partial charge in [-0.25, -0.2) is 27.1 Å². The molecule has 324 valence electrons. The number of halogens is 1. The van der Waals surface area contributed by atoms with Crippen molar-refractivity contribution in [1.82, 2.24) is 20.2 Å². The van der Waals surface area contributed by atoms with E-state index in [2.05, 4.69) is 34.4 Å². The largest absolute Gasteiger partial charge is 0.392 e. The number of aliphatic hydroxyl groups is 2. The van der Waals surface area contributed by atoms with E-state index in [0.29, 0.717) is 54.9 Å². The first-order valence-corrected chi connectivity index (χ1v) is 23.4. The van der Waals surface area contributed by atoms with Gasteiger partial charge in [0.2, 0.25) is 27.8 Å². The summed E-state index contributed by atoms with van der Waals surface area (Å²) in [6, 6.07) is 5.53. The normalized spacial score (nSPS) is 15.1. The molecule has 1 aromatic carbocycles. The first-order chi connectivity index (χ1) is 27.7. The van der Waals surface area contributed by atoms with Crippen LogP contribution in [0.4, 0.5) is 10.3 Å². The van der Waals surface area contributed by atoms with Gasteiger partial charge < -0.3 is 20.4 Å². The number of sulfonamides is 1. The molecule has 0 aliphatic carbocycles. The molecule has 1 fully saturated rings. The van der Waals surface area contributed by atoms with Crippen LogP contribution < -0.4 is 9.62 Å². The lowest BCUT2D eigenvalue weighted by Crippen LogP contribution is -2.47. The molecule has 0 saturated carbocycles. The lowest BCUT2D eigenvalue weighted by atomic mass is 9.97. The molecule has 13 heteroatoms. The van der Waals surface area contributed by atoms with Gasteiger partial charge in [-0.1, -0.05) is 96.4 Å². The summed E-state index contributed by atoms with van der Waals surface area (Å²) < 4.78 is 39.4. The fourth-order valence-electron chi connectivity index (χ4n) is 7.12. The van der Waals surface area contributed by atoms with Gasteiger partial charge >= 0.3 is 0 Å². The molecule has 0 spiro atoms. The van der Waals surface area contributed by atoms with E-state index in [1.54, 1.807) is 6.08 Å². The molecule has 2 heterocycles. The second-order valence-electron chi connectivity index (χ2n) is 16.1. The summed E-state index contributed by atoms with van der Waals surface area (Å²) in [5, 5.41) is 24.5. The van der Waals surface area contributed by atoms with Crippen LogP contribution in [0.1, 0.15) is 154 Å². The van der Waals surface area contributed by atoms with E-state index in [0.717, 1.165) is 36.2 Å². The molecule has 0 unspecified atom stereocenters. The second-order valence-corrected chi connectivity index (χ2v) is 18.2. The Kier molecular flexibility index (Phi) is 21.6. The summed E-state index contributed by atoms with van der Waals surface area (Å²) in [6.07, 6.45) is 24.0. The number of benzene rings is 1. The van der Waals surface area contributed by atoms with E-state index >= 15 is 0 Å². The number of rotatable bonds is 26. The van der Waals surface area contributed by atoms with Crippen LogP contribution in [0.15, 0.2) is 42.5 Å². The summed E-state index contributed by atoms with van der Waals surface area (Å²) in [5.41, 5.74) is 1.90. The first kappa shape index (κ1) is 48.7. The molecule has 2 amide bonds. The zero-order chi connectivity index (χ0) is 42.5. The molecule has 1 saturated heterocycles. The quantitative estimate of drug-likeness (QED) is 0.0631. The maximum absolute atomic E-state index is 13.8. The highest BCUT2D eigenvalue weighted by atomic mass is 32.2. The summed E-state index contributed by atoms with van der Waals surface area (Å²) in [7, 11) is -2.33. The van der Waals surface area contributed by atoms with E-state index in [4.69, 9.17) is 0 Å². The Morgan fingerprint density at radius 3 is 2.10 bits per heavy atom. The summed E-state index contributed by atoms with van der Waals surface area (Å²) >= 11 is 0. The third-order valence-electron chi connectivity index (χ3n) is 10.7. The molecular formula is C45H70FN5O6S. The predicted octanol–water partition coefficient (Wildman–Crippen LogP) is 8.46. The van der Waals surface area contributed by atoms with Crippen molar-refractivity contribution in [2.24, 2.45) is 0 Å². The Morgan fingerprint density at radius 1 is 0.931 bits per heavy atom. The molecule has 1 aliphatic heterocycles. The number of amides is 2. The first-order valence-electron chi connectivity index (χ1n) is 21.6. The number of hydrogen-bond donors (Lipinski definition) is 3. The molecule has 0 bridgehead atoms. The molecule has 3 N–H and O–H groups in total. The minimum atomic E-state index is -3.68. The van der Waals surface area contributed by atoms with Crippen molar-refractivity contribution in [1.29, 1.82) is 0 Å². The van der Waals surface area contributed by atoms with Gasteiger partial charge in [0.1, 0.15) is 5.82 Å². The Labute approximate surface area is 347 Å². The standard InChI is InChI=1S/C45H70FN5O6S/c1-6-7-8-9-10-11-12-13-14-15-16-17-18-19-20-21-42(55)51-30-28-37(29-31-51)47-41(54)33-39(53)32-38(52)26-27-40-43(34(2)3)48-45(50(4)58(5,56)57)49-44(40)35-22-24-36(46)25-23-35/h13-14,22-27,34,37-39,52-53H,6-12,15-21,28-33H2,1-5H3,(H,47,54)/b14-13-,27-26+/t38-,39-/m1/s1. The van der Waals surface area contributed by atoms with Crippen molar-refractivity contribution in [3.63, 3.8) is 0 Å².